The Labute approximate surface area is 189 Å². The summed E-state index contributed by atoms with van der Waals surface area (Å²) in [6.45, 7) is 7.14. The van der Waals surface area contributed by atoms with Gasteiger partial charge in [0.25, 0.3) is 0 Å². The zero-order valence-electron chi connectivity index (χ0n) is 17.6. The monoisotopic (exact) mass is 520 g/mol. The molecular weight excluding hydrogens is 487 g/mol. The van der Waals surface area contributed by atoms with E-state index in [1.165, 1.54) is 7.11 Å². The molecule has 0 bridgehead atoms. The highest BCUT2D eigenvalue weighted by molar-refractivity contribution is 14.0. The predicted molar refractivity (Wildman–Crippen MR) is 123 cm³/mol. The first-order valence-corrected chi connectivity index (χ1v) is 10.0. The lowest BCUT2D eigenvalue weighted by molar-refractivity contribution is -0.130. The fraction of sp³-hybridized carbons (Fsp3) is 0.650. The molecule has 1 aromatic rings. The highest BCUT2D eigenvalue weighted by Crippen LogP contribution is 2.16. The van der Waals surface area contributed by atoms with Crippen LogP contribution in [0.5, 0.6) is 0 Å². The third kappa shape index (κ3) is 8.23. The molecule has 29 heavy (non-hydrogen) atoms. The average Bonchev–Trinajstić information content (AvgIpc) is 2.94. The van der Waals surface area contributed by atoms with E-state index in [-0.39, 0.29) is 29.9 Å². The second kappa shape index (κ2) is 13.4. The Balaban J connectivity index is 0.00000420. The maximum Gasteiger partial charge on any atom is 0.341 e. The Morgan fingerprint density at radius 1 is 1.31 bits per heavy atom. The average molecular weight is 520 g/mol. The van der Waals surface area contributed by atoms with Gasteiger partial charge in [0.2, 0.25) is 5.91 Å². The van der Waals surface area contributed by atoms with Gasteiger partial charge < -0.3 is 24.7 Å². The second-order valence-electron chi connectivity index (χ2n) is 6.84. The van der Waals surface area contributed by atoms with Gasteiger partial charge in [-0.1, -0.05) is 6.42 Å². The number of rotatable bonds is 8. The molecule has 0 saturated carbocycles. The minimum Gasteiger partial charge on any atom is -0.465 e. The van der Waals surface area contributed by atoms with Crippen LogP contribution in [0.2, 0.25) is 0 Å². The largest absolute Gasteiger partial charge is 0.465 e. The Hall–Kier alpha value is -1.78. The Kier molecular flexibility index (Phi) is 11.7. The Morgan fingerprint density at radius 3 is 2.83 bits per heavy atom. The van der Waals surface area contributed by atoms with Crippen LogP contribution in [0.3, 0.4) is 0 Å². The van der Waals surface area contributed by atoms with E-state index in [4.69, 9.17) is 9.15 Å². The zero-order chi connectivity index (χ0) is 20.4. The topological polar surface area (TPSA) is 96.2 Å². The van der Waals surface area contributed by atoms with Crippen LogP contribution in [0.15, 0.2) is 15.5 Å². The van der Waals surface area contributed by atoms with E-state index in [0.717, 1.165) is 51.9 Å². The van der Waals surface area contributed by atoms with Crippen molar-refractivity contribution in [1.82, 2.24) is 15.5 Å². The van der Waals surface area contributed by atoms with Crippen LogP contribution >= 0.6 is 24.0 Å². The van der Waals surface area contributed by atoms with E-state index in [0.29, 0.717) is 36.0 Å². The van der Waals surface area contributed by atoms with E-state index < -0.39 is 5.97 Å². The lowest BCUT2D eigenvalue weighted by Gasteiger charge is -2.20. The fourth-order valence-corrected chi connectivity index (χ4v) is 3.18. The molecule has 1 amide bonds. The number of likely N-dealkylation sites (tertiary alicyclic amines) is 1. The summed E-state index contributed by atoms with van der Waals surface area (Å²) in [6.07, 6.45) is 4.78. The number of aryl methyl sites for hydroxylation is 1. The van der Waals surface area contributed by atoms with Gasteiger partial charge in [-0.05, 0) is 39.2 Å². The van der Waals surface area contributed by atoms with Crippen molar-refractivity contribution < 1.29 is 18.7 Å². The molecule has 0 atom stereocenters. The maximum absolute atomic E-state index is 12.0. The van der Waals surface area contributed by atoms with Crippen molar-refractivity contribution in [3.8, 4) is 0 Å². The molecular formula is C20H33IN4O4. The minimum atomic E-state index is -0.412. The molecule has 1 aromatic heterocycles. The second-order valence-corrected chi connectivity index (χ2v) is 6.84. The van der Waals surface area contributed by atoms with Crippen molar-refractivity contribution in [3.05, 3.63) is 23.2 Å². The number of nitrogens with one attached hydrogen (secondary N) is 2. The molecule has 0 unspecified atom stereocenters. The number of guanidine groups is 1. The van der Waals surface area contributed by atoms with Gasteiger partial charge in [0.05, 0.1) is 7.11 Å². The number of ether oxygens (including phenoxy) is 1. The SMILES string of the molecule is CCNC(=NCc1cc(C(=O)OC)c(C)o1)NCCCN1CCCCCC1=O.I. The number of aliphatic imine (C=N–C) groups is 1. The van der Waals surface area contributed by atoms with Gasteiger partial charge in [-0.15, -0.1) is 24.0 Å². The van der Waals surface area contributed by atoms with Crippen molar-refractivity contribution in [3.63, 3.8) is 0 Å². The number of methoxy groups -OCH3 is 1. The van der Waals surface area contributed by atoms with Gasteiger partial charge >= 0.3 is 5.97 Å². The first-order chi connectivity index (χ1) is 13.5. The van der Waals surface area contributed by atoms with Gasteiger partial charge in [0.1, 0.15) is 23.6 Å². The third-order valence-corrected chi connectivity index (χ3v) is 4.68. The molecule has 2 N–H and O–H groups in total. The highest BCUT2D eigenvalue weighted by Gasteiger charge is 2.16. The van der Waals surface area contributed by atoms with Gasteiger partial charge in [-0.3, -0.25) is 4.79 Å². The highest BCUT2D eigenvalue weighted by atomic mass is 127. The standard InChI is InChI=1S/C20H32N4O4.HI/c1-4-21-20(22-10-8-12-24-11-7-5-6-9-18(24)25)23-14-16-13-17(15(2)28-16)19(26)27-3;/h13H,4-12,14H2,1-3H3,(H2,21,22,23);1H. The summed E-state index contributed by atoms with van der Waals surface area (Å²) in [7, 11) is 1.35. The minimum absolute atomic E-state index is 0. The molecule has 2 heterocycles. The smallest absolute Gasteiger partial charge is 0.341 e. The molecule has 9 heteroatoms. The molecule has 1 aliphatic rings. The van der Waals surface area contributed by atoms with Crippen LogP contribution in [0.4, 0.5) is 0 Å². The van der Waals surface area contributed by atoms with Crippen molar-refractivity contribution in [2.24, 2.45) is 4.99 Å². The molecule has 164 valence electrons. The number of carbonyl (C=O) groups excluding carboxylic acids is 2. The van der Waals surface area contributed by atoms with Gasteiger partial charge in [-0.2, -0.15) is 0 Å². The summed E-state index contributed by atoms with van der Waals surface area (Å²) in [5.74, 6) is 1.66. The first kappa shape index (κ1) is 25.3. The zero-order valence-corrected chi connectivity index (χ0v) is 19.9. The molecule has 1 saturated heterocycles. The van der Waals surface area contributed by atoms with Gasteiger partial charge in [-0.25, -0.2) is 9.79 Å². The lowest BCUT2D eigenvalue weighted by atomic mass is 10.2. The normalized spacial score (nSPS) is 14.8. The summed E-state index contributed by atoms with van der Waals surface area (Å²) < 4.78 is 10.3. The summed E-state index contributed by atoms with van der Waals surface area (Å²) in [4.78, 5) is 30.2. The van der Waals surface area contributed by atoms with E-state index in [9.17, 15) is 9.59 Å². The van der Waals surface area contributed by atoms with Crippen LogP contribution in [-0.2, 0) is 16.1 Å². The summed E-state index contributed by atoms with van der Waals surface area (Å²) in [6, 6.07) is 1.67. The van der Waals surface area contributed by atoms with E-state index in [2.05, 4.69) is 15.6 Å². The molecule has 0 aromatic carbocycles. The number of amides is 1. The maximum atomic E-state index is 12.0. The number of halogens is 1. The lowest BCUT2D eigenvalue weighted by Crippen LogP contribution is -2.39. The summed E-state index contributed by atoms with van der Waals surface area (Å²) >= 11 is 0. The molecule has 0 aliphatic carbocycles. The number of hydrogen-bond acceptors (Lipinski definition) is 5. The number of carbonyl (C=O) groups is 2. The summed E-state index contributed by atoms with van der Waals surface area (Å²) in [5.41, 5.74) is 0.424. The predicted octanol–water partition coefficient (Wildman–Crippen LogP) is 2.84. The molecule has 1 aliphatic heterocycles. The Bertz CT molecular complexity index is 690. The van der Waals surface area contributed by atoms with Crippen molar-refractivity contribution >= 4 is 41.8 Å². The number of esters is 1. The van der Waals surface area contributed by atoms with E-state index in [1.807, 2.05) is 11.8 Å². The molecule has 2 rings (SSSR count). The molecule has 0 radical (unpaired) electrons. The van der Waals surface area contributed by atoms with Crippen LogP contribution in [0, 0.1) is 6.92 Å². The fourth-order valence-electron chi connectivity index (χ4n) is 3.18. The molecule has 0 spiro atoms. The quantitative estimate of drug-likeness (QED) is 0.180. The van der Waals surface area contributed by atoms with Crippen LogP contribution in [0.25, 0.3) is 0 Å². The van der Waals surface area contributed by atoms with Crippen LogP contribution in [-0.4, -0.2) is 56.0 Å². The van der Waals surface area contributed by atoms with Crippen molar-refractivity contribution in [1.29, 1.82) is 0 Å². The Morgan fingerprint density at radius 2 is 2.10 bits per heavy atom. The van der Waals surface area contributed by atoms with Crippen molar-refractivity contribution in [2.45, 2.75) is 52.5 Å². The molecule has 8 nitrogen and oxygen atoms in total. The van der Waals surface area contributed by atoms with Gasteiger partial charge in [0.15, 0.2) is 5.96 Å². The number of hydrogen-bond donors (Lipinski definition) is 2. The van der Waals surface area contributed by atoms with E-state index >= 15 is 0 Å². The van der Waals surface area contributed by atoms with Gasteiger partial charge in [0, 0.05) is 32.6 Å². The van der Waals surface area contributed by atoms with Crippen LogP contribution in [0.1, 0.15) is 60.9 Å². The first-order valence-electron chi connectivity index (χ1n) is 10.0. The number of nitrogens with zero attached hydrogens (tertiary/aromatic N) is 2. The third-order valence-electron chi connectivity index (χ3n) is 4.68. The van der Waals surface area contributed by atoms with Crippen molar-refractivity contribution in [2.75, 3.05) is 33.3 Å². The summed E-state index contributed by atoms with van der Waals surface area (Å²) in [5, 5.41) is 6.47. The molecule has 1 fully saturated rings. The van der Waals surface area contributed by atoms with E-state index in [1.54, 1.807) is 13.0 Å². The van der Waals surface area contributed by atoms with Crippen LogP contribution < -0.4 is 10.6 Å². The number of furan rings is 1.